The molecule has 2 aliphatic rings. The highest BCUT2D eigenvalue weighted by molar-refractivity contribution is 6.37. The third-order valence-electron chi connectivity index (χ3n) is 7.43. The Hall–Kier alpha value is -3.43. The first kappa shape index (κ1) is 29.1. The van der Waals surface area contributed by atoms with Crippen molar-refractivity contribution in [2.45, 2.75) is 83.4 Å². The van der Waals surface area contributed by atoms with Gasteiger partial charge in [0.25, 0.3) is 5.91 Å². The molecule has 1 aliphatic heterocycles. The molecule has 0 aromatic heterocycles. The summed E-state index contributed by atoms with van der Waals surface area (Å²) in [6.45, 7) is 4.35. The van der Waals surface area contributed by atoms with Crippen LogP contribution in [-0.4, -0.2) is 48.2 Å². The van der Waals surface area contributed by atoms with Crippen LogP contribution in [0.3, 0.4) is 0 Å². The van der Waals surface area contributed by atoms with Crippen molar-refractivity contribution in [3.63, 3.8) is 0 Å². The summed E-state index contributed by atoms with van der Waals surface area (Å²) in [7, 11) is 0. The van der Waals surface area contributed by atoms with E-state index in [1.54, 1.807) is 0 Å². The Labute approximate surface area is 223 Å². The Morgan fingerprint density at radius 2 is 1.66 bits per heavy atom. The van der Waals surface area contributed by atoms with E-state index in [-0.39, 0.29) is 24.2 Å². The smallest absolute Gasteiger partial charge is 0.408 e. The topological polar surface area (TPSA) is 157 Å². The van der Waals surface area contributed by atoms with Gasteiger partial charge in [-0.05, 0) is 36.7 Å². The van der Waals surface area contributed by atoms with Gasteiger partial charge >= 0.3 is 6.09 Å². The van der Waals surface area contributed by atoms with Gasteiger partial charge in [0, 0.05) is 12.5 Å². The van der Waals surface area contributed by atoms with E-state index in [0.717, 1.165) is 37.7 Å². The average Bonchev–Trinajstić information content (AvgIpc) is 3.30. The Kier molecular flexibility index (Phi) is 10.7. The standard InChI is InChI=1S/C28H40N4O6/c1-17(2)24(19-11-7-4-8-12-19)38-28(37)32-22(15-18-9-5-3-6-10-18)27(36)31-21(23(33)25(29)34)16-20-13-14-30-26(20)35/h4,7-8,11-12,17-18,20-22,24H,3,5-6,9-10,13-16H2,1-2H3,(H2,29,34)(H,30,35)(H,31,36)(H,32,37)/t20-,21-,22-,24?/m0/s1. The molecule has 1 aromatic carbocycles. The number of ketones is 1. The third-order valence-corrected chi connectivity index (χ3v) is 7.43. The van der Waals surface area contributed by atoms with Crippen molar-refractivity contribution >= 4 is 29.6 Å². The van der Waals surface area contributed by atoms with Crippen LogP contribution < -0.4 is 21.7 Å². The van der Waals surface area contributed by atoms with Gasteiger partial charge < -0.3 is 26.4 Å². The van der Waals surface area contributed by atoms with Crippen LogP contribution in [-0.2, 0) is 23.9 Å². The predicted molar refractivity (Wildman–Crippen MR) is 140 cm³/mol. The van der Waals surface area contributed by atoms with Crippen LogP contribution in [0.4, 0.5) is 4.79 Å². The summed E-state index contributed by atoms with van der Waals surface area (Å²) in [4.78, 5) is 62.8. The number of Topliss-reactive ketones (excluding diaryl/α,β-unsaturated/α-hetero) is 1. The predicted octanol–water partition coefficient (Wildman–Crippen LogP) is 2.51. The van der Waals surface area contributed by atoms with Gasteiger partial charge in [-0.3, -0.25) is 19.2 Å². The molecule has 1 aliphatic carbocycles. The van der Waals surface area contributed by atoms with Crippen molar-refractivity contribution in [3.05, 3.63) is 35.9 Å². The van der Waals surface area contributed by atoms with E-state index in [1.807, 2.05) is 44.2 Å². The van der Waals surface area contributed by atoms with Gasteiger partial charge in [0.1, 0.15) is 12.1 Å². The molecule has 1 aromatic rings. The number of hydrogen-bond donors (Lipinski definition) is 4. The molecule has 1 saturated carbocycles. The zero-order valence-electron chi connectivity index (χ0n) is 22.2. The molecule has 0 radical (unpaired) electrons. The number of nitrogens with two attached hydrogens (primary N) is 1. The van der Waals surface area contributed by atoms with Gasteiger partial charge in [-0.15, -0.1) is 0 Å². The van der Waals surface area contributed by atoms with Crippen LogP contribution >= 0.6 is 0 Å². The largest absolute Gasteiger partial charge is 0.441 e. The van der Waals surface area contributed by atoms with E-state index in [1.165, 1.54) is 0 Å². The first-order chi connectivity index (χ1) is 18.2. The molecule has 4 atom stereocenters. The first-order valence-electron chi connectivity index (χ1n) is 13.6. The quantitative estimate of drug-likeness (QED) is 0.305. The summed E-state index contributed by atoms with van der Waals surface area (Å²) in [6.07, 6.45) is 4.67. The average molecular weight is 529 g/mol. The van der Waals surface area contributed by atoms with E-state index >= 15 is 0 Å². The van der Waals surface area contributed by atoms with Crippen LogP contribution in [0, 0.1) is 17.8 Å². The minimum absolute atomic E-state index is 0.0103. The van der Waals surface area contributed by atoms with E-state index in [9.17, 15) is 24.0 Å². The fourth-order valence-corrected chi connectivity index (χ4v) is 5.34. The molecule has 208 valence electrons. The molecule has 3 rings (SSSR count). The zero-order valence-corrected chi connectivity index (χ0v) is 22.2. The molecule has 1 heterocycles. The van der Waals surface area contributed by atoms with Gasteiger partial charge in [-0.2, -0.15) is 0 Å². The molecule has 10 heteroatoms. The van der Waals surface area contributed by atoms with Crippen molar-refractivity contribution in [1.82, 2.24) is 16.0 Å². The van der Waals surface area contributed by atoms with Crippen LogP contribution in [0.2, 0.25) is 0 Å². The SMILES string of the molecule is CC(C)C(OC(=O)N[C@@H](CC1CCCCC1)C(=O)N[C@@H](C[C@@H]1CCNC1=O)C(=O)C(N)=O)c1ccccc1. The number of rotatable bonds is 12. The maximum absolute atomic E-state index is 13.4. The van der Waals surface area contributed by atoms with E-state index in [0.29, 0.717) is 19.4 Å². The molecule has 1 saturated heterocycles. The molecule has 0 spiro atoms. The lowest BCUT2D eigenvalue weighted by Gasteiger charge is -2.29. The van der Waals surface area contributed by atoms with Crippen LogP contribution in [0.15, 0.2) is 30.3 Å². The van der Waals surface area contributed by atoms with E-state index < -0.39 is 47.8 Å². The third kappa shape index (κ3) is 8.29. The number of carbonyl (C=O) groups is 5. The van der Waals surface area contributed by atoms with Gasteiger partial charge in [0.15, 0.2) is 0 Å². The maximum Gasteiger partial charge on any atom is 0.408 e. The fourth-order valence-electron chi connectivity index (χ4n) is 5.34. The summed E-state index contributed by atoms with van der Waals surface area (Å²) in [5, 5.41) is 8.01. The summed E-state index contributed by atoms with van der Waals surface area (Å²) in [6, 6.07) is 7.14. The Bertz CT molecular complexity index is 992. The summed E-state index contributed by atoms with van der Waals surface area (Å²) >= 11 is 0. The van der Waals surface area contributed by atoms with Crippen molar-refractivity contribution in [2.75, 3.05) is 6.54 Å². The normalized spacial score (nSPS) is 20.2. The van der Waals surface area contributed by atoms with Crippen molar-refractivity contribution in [1.29, 1.82) is 0 Å². The number of ether oxygens (including phenoxy) is 1. The van der Waals surface area contributed by atoms with Crippen molar-refractivity contribution in [2.24, 2.45) is 23.5 Å². The van der Waals surface area contributed by atoms with Crippen LogP contribution in [0.5, 0.6) is 0 Å². The van der Waals surface area contributed by atoms with Crippen molar-refractivity contribution < 1.29 is 28.7 Å². The molecule has 5 N–H and O–H groups in total. The number of carbonyl (C=O) groups excluding carboxylic acids is 5. The van der Waals surface area contributed by atoms with Gasteiger partial charge in [-0.1, -0.05) is 76.3 Å². The molecular formula is C28H40N4O6. The van der Waals surface area contributed by atoms with Gasteiger partial charge in [0.2, 0.25) is 17.6 Å². The van der Waals surface area contributed by atoms with Crippen LogP contribution in [0.1, 0.15) is 76.9 Å². The first-order valence-corrected chi connectivity index (χ1v) is 13.6. The Morgan fingerprint density at radius 1 is 0.974 bits per heavy atom. The second kappa shape index (κ2) is 13.9. The maximum atomic E-state index is 13.4. The fraction of sp³-hybridized carbons (Fsp3) is 0.607. The lowest BCUT2D eigenvalue weighted by molar-refractivity contribution is -0.139. The molecule has 4 amide bonds. The Morgan fingerprint density at radius 3 is 2.24 bits per heavy atom. The number of alkyl carbamates (subject to hydrolysis) is 1. The van der Waals surface area contributed by atoms with Crippen molar-refractivity contribution in [3.8, 4) is 0 Å². The highest BCUT2D eigenvalue weighted by Gasteiger charge is 2.36. The minimum atomic E-state index is -1.26. The highest BCUT2D eigenvalue weighted by Crippen LogP contribution is 2.29. The minimum Gasteiger partial charge on any atom is -0.441 e. The van der Waals surface area contributed by atoms with E-state index in [4.69, 9.17) is 10.5 Å². The lowest BCUT2D eigenvalue weighted by atomic mass is 9.84. The highest BCUT2D eigenvalue weighted by atomic mass is 16.6. The molecule has 10 nitrogen and oxygen atoms in total. The number of nitrogens with one attached hydrogen (secondary N) is 3. The molecular weight excluding hydrogens is 488 g/mol. The number of benzene rings is 1. The van der Waals surface area contributed by atoms with Gasteiger partial charge in [0.05, 0.1) is 6.04 Å². The number of hydrogen-bond acceptors (Lipinski definition) is 6. The lowest BCUT2D eigenvalue weighted by Crippen LogP contribution is -2.54. The van der Waals surface area contributed by atoms with E-state index in [2.05, 4.69) is 16.0 Å². The Balaban J connectivity index is 1.74. The van der Waals surface area contributed by atoms with Gasteiger partial charge in [-0.25, -0.2) is 4.79 Å². The number of amides is 4. The second-order valence-electron chi connectivity index (χ2n) is 10.7. The second-order valence-corrected chi connectivity index (χ2v) is 10.7. The number of primary amides is 1. The summed E-state index contributed by atoms with van der Waals surface area (Å²) in [5.41, 5.74) is 6.08. The molecule has 0 bridgehead atoms. The van der Waals surface area contributed by atoms with Crippen LogP contribution in [0.25, 0.3) is 0 Å². The zero-order chi connectivity index (χ0) is 27.7. The summed E-state index contributed by atoms with van der Waals surface area (Å²) < 4.78 is 5.76. The molecule has 2 fully saturated rings. The molecule has 1 unspecified atom stereocenters. The molecule has 38 heavy (non-hydrogen) atoms. The monoisotopic (exact) mass is 528 g/mol. The summed E-state index contributed by atoms with van der Waals surface area (Å²) in [5.74, 6) is -3.30.